The average molecular weight is 1140 g/mol. The summed E-state index contributed by atoms with van der Waals surface area (Å²) in [5.41, 5.74) is 0. The van der Waals surface area contributed by atoms with Gasteiger partial charge in [-0.25, -0.2) is 0 Å². The zero-order valence-electron chi connectivity index (χ0n) is 55.6. The van der Waals surface area contributed by atoms with Gasteiger partial charge in [-0.3, -0.25) is 14.4 Å². The highest BCUT2D eigenvalue weighted by Crippen LogP contribution is 2.20. The van der Waals surface area contributed by atoms with Gasteiger partial charge in [0.25, 0.3) is 0 Å². The molecule has 0 bridgehead atoms. The molecule has 0 aromatic heterocycles. The van der Waals surface area contributed by atoms with Crippen LogP contribution in [0.25, 0.3) is 0 Å². The Balaban J connectivity index is 4.10. The Morgan fingerprint density at radius 3 is 0.494 bits per heavy atom. The van der Waals surface area contributed by atoms with Gasteiger partial charge in [0.15, 0.2) is 6.10 Å². The van der Waals surface area contributed by atoms with Crippen molar-refractivity contribution in [1.82, 2.24) is 0 Å². The first kappa shape index (κ1) is 79.4. The molecule has 1 atom stereocenters. The van der Waals surface area contributed by atoms with Gasteiger partial charge in [0.2, 0.25) is 0 Å². The maximum atomic E-state index is 13.0. The molecule has 0 saturated carbocycles. The van der Waals surface area contributed by atoms with E-state index in [0.717, 1.165) is 57.8 Å². The number of carbonyl (C=O) groups excluding carboxylic acids is 3. The topological polar surface area (TPSA) is 78.9 Å². The van der Waals surface area contributed by atoms with Gasteiger partial charge in [-0.15, -0.1) is 0 Å². The molecule has 0 radical (unpaired) electrons. The summed E-state index contributed by atoms with van der Waals surface area (Å²) in [6, 6.07) is 0. The van der Waals surface area contributed by atoms with Crippen LogP contribution in [0.3, 0.4) is 0 Å². The van der Waals surface area contributed by atoms with Gasteiger partial charge < -0.3 is 14.2 Å². The van der Waals surface area contributed by atoms with Gasteiger partial charge in [0.1, 0.15) is 13.2 Å². The molecule has 0 aliphatic carbocycles. The second-order valence-corrected chi connectivity index (χ2v) is 25.9. The largest absolute Gasteiger partial charge is 0.462 e. The molecule has 0 aliphatic rings. The SMILES string of the molecule is CCCCCCCCCCCCCCCCCCCCCCCCCCCCCC(=O)OCC(COC(=O)CCCCCCCCCCCCC)OC(=O)CCCCCCCCCCCCCCCCCCCCCCCCCCC. The zero-order chi connectivity index (χ0) is 58.5. The number of carbonyl (C=O) groups is 3. The molecule has 0 fully saturated rings. The molecule has 6 nitrogen and oxygen atoms in total. The van der Waals surface area contributed by atoms with Crippen molar-refractivity contribution in [2.75, 3.05) is 13.2 Å². The van der Waals surface area contributed by atoms with E-state index in [9.17, 15) is 14.4 Å². The second-order valence-electron chi connectivity index (χ2n) is 25.9. The monoisotopic (exact) mass is 1140 g/mol. The molecule has 0 aromatic rings. The molecule has 0 spiro atoms. The highest BCUT2D eigenvalue weighted by atomic mass is 16.6. The van der Waals surface area contributed by atoms with Crippen molar-refractivity contribution in [1.29, 1.82) is 0 Å². The second kappa shape index (κ2) is 70.9. The molecule has 6 heteroatoms. The third-order valence-corrected chi connectivity index (χ3v) is 17.6. The average Bonchev–Trinajstić information content (AvgIpc) is 3.47. The minimum atomic E-state index is -0.763. The maximum absolute atomic E-state index is 13.0. The fourth-order valence-corrected chi connectivity index (χ4v) is 12.0. The van der Waals surface area contributed by atoms with Crippen LogP contribution < -0.4 is 0 Å². The summed E-state index contributed by atoms with van der Waals surface area (Å²) < 4.78 is 17.0. The number of rotatable bonds is 71. The molecule has 0 saturated heterocycles. The third-order valence-electron chi connectivity index (χ3n) is 17.6. The Morgan fingerprint density at radius 2 is 0.333 bits per heavy atom. The van der Waals surface area contributed by atoms with Crippen LogP contribution in [0.15, 0.2) is 0 Å². The molecule has 0 aliphatic heterocycles. The first-order valence-corrected chi connectivity index (χ1v) is 37.5. The van der Waals surface area contributed by atoms with E-state index >= 15 is 0 Å². The first-order valence-electron chi connectivity index (χ1n) is 37.5. The lowest BCUT2D eigenvalue weighted by molar-refractivity contribution is -0.167. The molecule has 0 amide bonds. The van der Waals surface area contributed by atoms with Crippen LogP contribution in [-0.2, 0) is 28.6 Å². The first-order chi connectivity index (χ1) is 40.0. The van der Waals surface area contributed by atoms with E-state index in [1.54, 1.807) is 0 Å². The molecule has 0 N–H and O–H groups in total. The van der Waals surface area contributed by atoms with Crippen LogP contribution in [0.5, 0.6) is 0 Å². The molecular formula is C75H146O6. The summed E-state index contributed by atoms with van der Waals surface area (Å²) in [4.78, 5) is 38.4. The Morgan fingerprint density at radius 1 is 0.198 bits per heavy atom. The van der Waals surface area contributed by atoms with Crippen LogP contribution in [-0.4, -0.2) is 37.2 Å². The van der Waals surface area contributed by atoms with E-state index in [-0.39, 0.29) is 31.1 Å². The van der Waals surface area contributed by atoms with Gasteiger partial charge in [-0.2, -0.15) is 0 Å². The number of ether oxygens (including phenoxy) is 3. The predicted octanol–water partition coefficient (Wildman–Crippen LogP) is 25.8. The molecule has 482 valence electrons. The van der Waals surface area contributed by atoms with Crippen molar-refractivity contribution in [2.24, 2.45) is 0 Å². The van der Waals surface area contributed by atoms with Gasteiger partial charge >= 0.3 is 17.9 Å². The third kappa shape index (κ3) is 69.1. The van der Waals surface area contributed by atoms with E-state index in [4.69, 9.17) is 14.2 Å². The van der Waals surface area contributed by atoms with E-state index < -0.39 is 6.10 Å². The van der Waals surface area contributed by atoms with Crippen molar-refractivity contribution in [3.63, 3.8) is 0 Å². The standard InChI is InChI=1S/C75H146O6/c1-4-7-10-13-16-19-22-24-26-28-30-32-34-36-37-39-40-42-44-46-48-50-53-56-59-62-65-68-74(77)80-71-72(70-79-73(76)67-64-61-58-55-52-21-18-15-12-9-6-3)81-75(78)69-66-63-60-57-54-51-49-47-45-43-41-38-35-33-31-29-27-25-23-20-17-14-11-8-5-2/h72H,4-71H2,1-3H3. The fraction of sp³-hybridized carbons (Fsp3) is 0.960. The smallest absolute Gasteiger partial charge is 0.306 e. The van der Waals surface area contributed by atoms with E-state index in [0.29, 0.717) is 19.3 Å². The Bertz CT molecular complexity index is 1220. The normalized spacial score (nSPS) is 11.9. The lowest BCUT2D eigenvalue weighted by atomic mass is 10.0. The molecule has 0 heterocycles. The summed E-state index contributed by atoms with van der Waals surface area (Å²) in [5, 5.41) is 0. The highest BCUT2D eigenvalue weighted by Gasteiger charge is 2.20. The predicted molar refractivity (Wildman–Crippen MR) is 354 cm³/mol. The van der Waals surface area contributed by atoms with E-state index in [1.165, 1.54) is 347 Å². The highest BCUT2D eigenvalue weighted by molar-refractivity contribution is 5.71. The van der Waals surface area contributed by atoms with Gasteiger partial charge in [-0.1, -0.05) is 406 Å². The van der Waals surface area contributed by atoms with Crippen LogP contribution in [0.2, 0.25) is 0 Å². The zero-order valence-corrected chi connectivity index (χ0v) is 55.6. The van der Waals surface area contributed by atoms with Gasteiger partial charge in [-0.05, 0) is 19.3 Å². The minimum Gasteiger partial charge on any atom is -0.462 e. The summed E-state index contributed by atoms with van der Waals surface area (Å²) in [7, 11) is 0. The fourth-order valence-electron chi connectivity index (χ4n) is 12.0. The lowest BCUT2D eigenvalue weighted by Crippen LogP contribution is -2.30. The van der Waals surface area contributed by atoms with Crippen LogP contribution in [0, 0.1) is 0 Å². The van der Waals surface area contributed by atoms with Crippen LogP contribution >= 0.6 is 0 Å². The van der Waals surface area contributed by atoms with Crippen molar-refractivity contribution >= 4 is 17.9 Å². The maximum Gasteiger partial charge on any atom is 0.306 e. The summed E-state index contributed by atoms with van der Waals surface area (Å²) >= 11 is 0. The van der Waals surface area contributed by atoms with E-state index in [2.05, 4.69) is 20.8 Å². The van der Waals surface area contributed by atoms with Crippen molar-refractivity contribution in [2.45, 2.75) is 451 Å². The van der Waals surface area contributed by atoms with Crippen molar-refractivity contribution in [3.05, 3.63) is 0 Å². The summed E-state index contributed by atoms with van der Waals surface area (Å²) in [6.07, 6.45) is 84.5. The minimum absolute atomic E-state index is 0.0602. The Labute approximate surface area is 508 Å². The van der Waals surface area contributed by atoms with Crippen LogP contribution in [0.1, 0.15) is 445 Å². The van der Waals surface area contributed by atoms with Gasteiger partial charge in [0, 0.05) is 19.3 Å². The Hall–Kier alpha value is -1.59. The Kier molecular flexibility index (Phi) is 69.5. The summed E-state index contributed by atoms with van der Waals surface area (Å²) in [6.45, 7) is 6.74. The molecular weight excluding hydrogens is 997 g/mol. The van der Waals surface area contributed by atoms with E-state index in [1.807, 2.05) is 0 Å². The number of unbranched alkanes of at least 4 members (excludes halogenated alkanes) is 60. The number of hydrogen-bond donors (Lipinski definition) is 0. The lowest BCUT2D eigenvalue weighted by Gasteiger charge is -2.18. The van der Waals surface area contributed by atoms with Crippen molar-refractivity contribution < 1.29 is 28.6 Å². The summed E-state index contributed by atoms with van der Waals surface area (Å²) in [5.74, 6) is -0.820. The van der Waals surface area contributed by atoms with Crippen molar-refractivity contribution in [3.8, 4) is 0 Å². The molecule has 1 unspecified atom stereocenters. The quantitative estimate of drug-likeness (QED) is 0.0343. The molecule has 0 rings (SSSR count). The number of hydrogen-bond acceptors (Lipinski definition) is 6. The van der Waals surface area contributed by atoms with Gasteiger partial charge in [0.05, 0.1) is 0 Å². The molecule has 0 aromatic carbocycles. The molecule has 81 heavy (non-hydrogen) atoms. The number of esters is 3. The van der Waals surface area contributed by atoms with Crippen LogP contribution in [0.4, 0.5) is 0 Å².